The van der Waals surface area contributed by atoms with E-state index < -0.39 is 0 Å². The molecule has 1 aliphatic carbocycles. The van der Waals surface area contributed by atoms with Crippen LogP contribution in [0.2, 0.25) is 0 Å². The average molecular weight is 223 g/mol. The molecule has 5 heteroatoms. The lowest BCUT2D eigenvalue weighted by atomic mass is 9.79. The summed E-state index contributed by atoms with van der Waals surface area (Å²) in [7, 11) is 0. The Labute approximate surface area is 94.4 Å². The molecule has 1 amide bonds. The van der Waals surface area contributed by atoms with Crippen LogP contribution in [-0.4, -0.2) is 17.6 Å². The van der Waals surface area contributed by atoms with Crippen LogP contribution in [0.1, 0.15) is 25.7 Å². The van der Waals surface area contributed by atoms with Gasteiger partial charge in [0.25, 0.3) is 0 Å². The highest BCUT2D eigenvalue weighted by Gasteiger charge is 2.30. The molecular weight excluding hydrogens is 206 g/mol. The van der Waals surface area contributed by atoms with E-state index >= 15 is 0 Å². The molecule has 1 heterocycles. The number of carbonyl (C=O) groups excluding carboxylic acids is 1. The van der Waals surface area contributed by atoms with Gasteiger partial charge in [-0.25, -0.2) is 0 Å². The summed E-state index contributed by atoms with van der Waals surface area (Å²) in [6.45, 7) is 0.580. The van der Waals surface area contributed by atoms with Crippen LogP contribution in [0.4, 0.5) is 5.82 Å². The number of carbonyl (C=O) groups is 1. The Hall–Kier alpha value is -1.36. The minimum atomic E-state index is 0.0176. The number of nitrogens with two attached hydrogens (primary N) is 1. The molecule has 0 radical (unpaired) electrons. The van der Waals surface area contributed by atoms with Gasteiger partial charge in [0.2, 0.25) is 5.91 Å². The van der Waals surface area contributed by atoms with Crippen LogP contribution in [0.3, 0.4) is 0 Å². The Morgan fingerprint density at radius 2 is 2.38 bits per heavy atom. The van der Waals surface area contributed by atoms with Crippen LogP contribution in [0, 0.1) is 11.8 Å². The standard InChI is InChI=1S/C11H17N3O2/c12-7-8-3-1-2-4-9(8)11(15)13-10-5-6-16-14-10/h5-6,8-9H,1-4,7,12H2,(H,13,14,15). The number of anilines is 1. The first kappa shape index (κ1) is 11.1. The molecule has 2 rings (SSSR count). The first-order valence-electron chi connectivity index (χ1n) is 5.72. The number of aromatic nitrogens is 1. The Kier molecular flexibility index (Phi) is 3.56. The van der Waals surface area contributed by atoms with Crippen molar-refractivity contribution < 1.29 is 9.32 Å². The van der Waals surface area contributed by atoms with Crippen molar-refractivity contribution in [2.45, 2.75) is 25.7 Å². The fourth-order valence-electron chi connectivity index (χ4n) is 2.33. The number of rotatable bonds is 3. The van der Waals surface area contributed by atoms with Crippen molar-refractivity contribution in [1.29, 1.82) is 0 Å². The number of hydrogen-bond acceptors (Lipinski definition) is 4. The summed E-state index contributed by atoms with van der Waals surface area (Å²) in [4.78, 5) is 12.0. The maximum atomic E-state index is 12.0. The van der Waals surface area contributed by atoms with Gasteiger partial charge >= 0.3 is 0 Å². The van der Waals surface area contributed by atoms with E-state index in [0.717, 1.165) is 19.3 Å². The average Bonchev–Trinajstić information content (AvgIpc) is 2.81. The second kappa shape index (κ2) is 5.12. The number of amides is 1. The molecule has 16 heavy (non-hydrogen) atoms. The van der Waals surface area contributed by atoms with Crippen molar-refractivity contribution in [1.82, 2.24) is 5.16 Å². The van der Waals surface area contributed by atoms with Gasteiger partial charge in [-0.3, -0.25) is 4.79 Å². The van der Waals surface area contributed by atoms with Crippen molar-refractivity contribution in [3.05, 3.63) is 12.3 Å². The summed E-state index contributed by atoms with van der Waals surface area (Å²) in [5.41, 5.74) is 5.69. The first-order chi connectivity index (χ1) is 7.81. The smallest absolute Gasteiger partial charge is 0.229 e. The summed E-state index contributed by atoms with van der Waals surface area (Å²) in [6, 6.07) is 1.64. The summed E-state index contributed by atoms with van der Waals surface area (Å²) in [5.74, 6) is 0.825. The highest BCUT2D eigenvalue weighted by atomic mass is 16.5. The molecule has 1 aromatic rings. The quantitative estimate of drug-likeness (QED) is 0.811. The third-order valence-corrected chi connectivity index (χ3v) is 3.24. The molecule has 5 nitrogen and oxygen atoms in total. The summed E-state index contributed by atoms with van der Waals surface area (Å²) < 4.78 is 4.67. The SMILES string of the molecule is NCC1CCCCC1C(=O)Nc1ccon1. The van der Waals surface area contributed by atoms with Crippen LogP contribution >= 0.6 is 0 Å². The second-order valence-corrected chi connectivity index (χ2v) is 4.26. The van der Waals surface area contributed by atoms with Gasteiger partial charge < -0.3 is 15.6 Å². The van der Waals surface area contributed by atoms with E-state index in [1.54, 1.807) is 6.07 Å². The first-order valence-corrected chi connectivity index (χ1v) is 5.72. The molecule has 2 atom stereocenters. The fraction of sp³-hybridized carbons (Fsp3) is 0.636. The van der Waals surface area contributed by atoms with Crippen LogP contribution in [-0.2, 0) is 4.79 Å². The Balaban J connectivity index is 1.97. The van der Waals surface area contributed by atoms with Crippen molar-refractivity contribution in [2.24, 2.45) is 17.6 Å². The van der Waals surface area contributed by atoms with Gasteiger partial charge in [-0.15, -0.1) is 0 Å². The Bertz CT molecular complexity index is 337. The molecule has 0 spiro atoms. The van der Waals surface area contributed by atoms with Gasteiger partial charge in [0, 0.05) is 12.0 Å². The van der Waals surface area contributed by atoms with Crippen LogP contribution < -0.4 is 11.1 Å². The minimum Gasteiger partial charge on any atom is -0.363 e. The lowest BCUT2D eigenvalue weighted by molar-refractivity contribution is -0.122. The lowest BCUT2D eigenvalue weighted by Gasteiger charge is -2.29. The Morgan fingerprint density at radius 3 is 3.06 bits per heavy atom. The maximum absolute atomic E-state index is 12.0. The molecule has 1 fully saturated rings. The number of hydrogen-bond donors (Lipinski definition) is 2. The molecule has 1 aliphatic rings. The van der Waals surface area contributed by atoms with Crippen molar-refractivity contribution in [2.75, 3.05) is 11.9 Å². The van der Waals surface area contributed by atoms with E-state index in [2.05, 4.69) is 15.0 Å². The number of nitrogens with zero attached hydrogens (tertiary/aromatic N) is 1. The lowest BCUT2D eigenvalue weighted by Crippen LogP contribution is -2.35. The molecule has 0 aromatic carbocycles. The highest BCUT2D eigenvalue weighted by Crippen LogP contribution is 2.30. The fourth-order valence-corrected chi connectivity index (χ4v) is 2.33. The zero-order valence-electron chi connectivity index (χ0n) is 9.19. The summed E-state index contributed by atoms with van der Waals surface area (Å²) in [6.07, 6.45) is 5.69. The highest BCUT2D eigenvalue weighted by molar-refractivity contribution is 5.91. The molecule has 1 aromatic heterocycles. The van der Waals surface area contributed by atoms with Crippen molar-refractivity contribution in [3.63, 3.8) is 0 Å². The van der Waals surface area contributed by atoms with E-state index in [1.807, 2.05) is 0 Å². The second-order valence-electron chi connectivity index (χ2n) is 4.26. The van der Waals surface area contributed by atoms with E-state index in [0.29, 0.717) is 18.3 Å². The molecule has 1 saturated carbocycles. The van der Waals surface area contributed by atoms with Gasteiger partial charge in [0.05, 0.1) is 0 Å². The van der Waals surface area contributed by atoms with Gasteiger partial charge in [0.15, 0.2) is 5.82 Å². The number of nitrogens with one attached hydrogen (secondary N) is 1. The Morgan fingerprint density at radius 1 is 1.56 bits per heavy atom. The molecule has 0 bridgehead atoms. The topological polar surface area (TPSA) is 81.2 Å². The van der Waals surface area contributed by atoms with Gasteiger partial charge in [-0.2, -0.15) is 0 Å². The van der Waals surface area contributed by atoms with E-state index in [4.69, 9.17) is 5.73 Å². The largest absolute Gasteiger partial charge is 0.363 e. The van der Waals surface area contributed by atoms with E-state index in [9.17, 15) is 4.79 Å². The third kappa shape index (κ3) is 2.41. The molecule has 88 valence electrons. The molecule has 0 aliphatic heterocycles. The van der Waals surface area contributed by atoms with Crippen LogP contribution in [0.5, 0.6) is 0 Å². The summed E-state index contributed by atoms with van der Waals surface area (Å²) in [5, 5.41) is 6.42. The zero-order valence-corrected chi connectivity index (χ0v) is 9.19. The zero-order chi connectivity index (χ0) is 11.4. The van der Waals surface area contributed by atoms with Crippen LogP contribution in [0.25, 0.3) is 0 Å². The predicted molar refractivity (Wildman–Crippen MR) is 59.6 cm³/mol. The van der Waals surface area contributed by atoms with Crippen molar-refractivity contribution in [3.8, 4) is 0 Å². The minimum absolute atomic E-state index is 0.0176. The van der Waals surface area contributed by atoms with E-state index in [1.165, 1.54) is 12.7 Å². The predicted octanol–water partition coefficient (Wildman–Crippen LogP) is 1.38. The molecule has 3 N–H and O–H groups in total. The summed E-state index contributed by atoms with van der Waals surface area (Å²) >= 11 is 0. The normalized spacial score (nSPS) is 25.3. The van der Waals surface area contributed by atoms with E-state index in [-0.39, 0.29) is 11.8 Å². The van der Waals surface area contributed by atoms with Crippen LogP contribution in [0.15, 0.2) is 16.9 Å². The molecular formula is C11H17N3O2. The van der Waals surface area contributed by atoms with Gasteiger partial charge in [-0.1, -0.05) is 18.0 Å². The van der Waals surface area contributed by atoms with Gasteiger partial charge in [0.1, 0.15) is 6.26 Å². The molecule has 0 saturated heterocycles. The van der Waals surface area contributed by atoms with Gasteiger partial charge in [-0.05, 0) is 25.3 Å². The molecule has 2 unspecified atom stereocenters. The van der Waals surface area contributed by atoms with Crippen molar-refractivity contribution >= 4 is 11.7 Å². The maximum Gasteiger partial charge on any atom is 0.229 e. The third-order valence-electron chi connectivity index (χ3n) is 3.24. The monoisotopic (exact) mass is 223 g/mol.